The van der Waals surface area contributed by atoms with E-state index < -0.39 is 87.0 Å². The van der Waals surface area contributed by atoms with Crippen LogP contribution in [0.1, 0.15) is 87.7 Å². The van der Waals surface area contributed by atoms with E-state index in [0.29, 0.717) is 0 Å². The number of thiazole rings is 1. The normalized spacial score (nSPS) is 17.0. The maximum absolute atomic E-state index is 13.8. The average molecular weight is 789 g/mol. The average Bonchev–Trinajstić information content (AvgIpc) is 3.60. The SMILES string of the molecule is CC(C)(C)OC(=O)NCc1nnnn1C[C@@H]1[C@H](NC(=O)/C(=N/OC(C)(C)C(=O)OC(C)(C)C)c2csc(NC(=O)OC(C)(C)C)n2)C(=O)N1S(=O)(=O)O. The molecule has 1 saturated heterocycles. The van der Waals surface area contributed by atoms with Crippen molar-refractivity contribution in [1.29, 1.82) is 0 Å². The highest BCUT2D eigenvalue weighted by atomic mass is 32.2. The number of nitrogens with zero attached hydrogens (tertiary/aromatic N) is 7. The van der Waals surface area contributed by atoms with Crippen LogP contribution in [0.3, 0.4) is 0 Å². The van der Waals surface area contributed by atoms with Gasteiger partial charge in [-0.25, -0.2) is 28.4 Å². The van der Waals surface area contributed by atoms with E-state index in [0.717, 1.165) is 16.0 Å². The highest BCUT2D eigenvalue weighted by Gasteiger charge is 2.55. The van der Waals surface area contributed by atoms with Crippen molar-refractivity contribution in [1.82, 2.24) is 40.1 Å². The van der Waals surface area contributed by atoms with Gasteiger partial charge in [0.2, 0.25) is 5.60 Å². The van der Waals surface area contributed by atoms with E-state index in [2.05, 4.69) is 41.6 Å². The molecule has 294 valence electrons. The number of oxime groups is 1. The second kappa shape index (κ2) is 15.6. The van der Waals surface area contributed by atoms with Gasteiger partial charge in [-0.15, -0.1) is 16.4 Å². The fraction of sp³-hybridized carbons (Fsp3) is 0.655. The summed E-state index contributed by atoms with van der Waals surface area (Å²) in [5, 5.41) is 23.5. The first kappa shape index (κ1) is 42.4. The molecule has 0 aromatic carbocycles. The molecule has 2 aromatic heterocycles. The Labute approximate surface area is 309 Å². The molecule has 2 atom stereocenters. The van der Waals surface area contributed by atoms with Gasteiger partial charge in [-0.05, 0) is 86.6 Å². The number of aromatic nitrogens is 5. The lowest BCUT2D eigenvalue weighted by Crippen LogP contribution is -2.73. The molecule has 0 bridgehead atoms. The van der Waals surface area contributed by atoms with Crippen LogP contribution in [0.5, 0.6) is 0 Å². The van der Waals surface area contributed by atoms with Gasteiger partial charge >= 0.3 is 28.5 Å². The van der Waals surface area contributed by atoms with Crippen molar-refractivity contribution < 1.29 is 56.0 Å². The molecule has 4 amide bonds. The summed E-state index contributed by atoms with van der Waals surface area (Å²) >= 11 is 0.871. The van der Waals surface area contributed by atoms with Crippen LogP contribution < -0.4 is 16.0 Å². The minimum Gasteiger partial charge on any atom is -0.457 e. The minimum absolute atomic E-state index is 0.00286. The highest BCUT2D eigenvalue weighted by molar-refractivity contribution is 7.84. The fourth-order valence-corrected chi connectivity index (χ4v) is 5.67. The highest BCUT2D eigenvalue weighted by Crippen LogP contribution is 2.26. The van der Waals surface area contributed by atoms with Crippen molar-refractivity contribution in [2.45, 2.75) is 124 Å². The lowest BCUT2D eigenvalue weighted by Gasteiger charge is -2.43. The molecule has 3 heterocycles. The molecule has 0 unspecified atom stereocenters. The second-order valence-corrected chi connectivity index (χ2v) is 17.1. The summed E-state index contributed by atoms with van der Waals surface area (Å²) in [4.78, 5) is 73.9. The number of β-lactam (4-membered cyclic amide) rings is 1. The number of carbonyl (C=O) groups is 5. The minimum atomic E-state index is -5.15. The molecule has 1 aliphatic heterocycles. The van der Waals surface area contributed by atoms with Crippen molar-refractivity contribution in [2.24, 2.45) is 5.16 Å². The van der Waals surface area contributed by atoms with E-state index in [-0.39, 0.29) is 27.5 Å². The lowest BCUT2D eigenvalue weighted by molar-refractivity contribution is -0.179. The Hall–Kier alpha value is -4.97. The number of ether oxygens (including phenoxy) is 3. The number of alkyl carbamates (subject to hydrolysis) is 1. The second-order valence-electron chi connectivity index (χ2n) is 15.0. The number of esters is 1. The predicted molar refractivity (Wildman–Crippen MR) is 185 cm³/mol. The van der Waals surface area contributed by atoms with Gasteiger partial charge < -0.3 is 29.7 Å². The van der Waals surface area contributed by atoms with Gasteiger partial charge in [0.25, 0.3) is 11.8 Å². The van der Waals surface area contributed by atoms with E-state index in [4.69, 9.17) is 19.0 Å². The number of hydrogen-bond donors (Lipinski definition) is 4. The third-order valence-electron chi connectivity index (χ3n) is 6.29. The zero-order valence-electron chi connectivity index (χ0n) is 31.0. The van der Waals surface area contributed by atoms with Gasteiger partial charge in [0.05, 0.1) is 19.1 Å². The van der Waals surface area contributed by atoms with Gasteiger partial charge in [0.15, 0.2) is 16.7 Å². The summed E-state index contributed by atoms with van der Waals surface area (Å²) in [6, 6.07) is -3.12. The topological polar surface area (TPSA) is 285 Å². The Balaban J connectivity index is 1.93. The van der Waals surface area contributed by atoms with Crippen LogP contribution in [0, 0.1) is 0 Å². The first-order chi connectivity index (χ1) is 24.1. The zero-order chi connectivity index (χ0) is 40.3. The van der Waals surface area contributed by atoms with Gasteiger partial charge in [-0.3, -0.25) is 19.5 Å². The van der Waals surface area contributed by atoms with Gasteiger partial charge in [-0.1, -0.05) is 5.16 Å². The smallest absolute Gasteiger partial charge is 0.413 e. The van der Waals surface area contributed by atoms with Crippen LogP contribution in [0.25, 0.3) is 0 Å². The summed E-state index contributed by atoms with van der Waals surface area (Å²) in [7, 11) is -5.15. The maximum atomic E-state index is 13.8. The van der Waals surface area contributed by atoms with E-state index in [1.165, 1.54) is 19.2 Å². The van der Waals surface area contributed by atoms with Crippen molar-refractivity contribution >= 4 is 62.5 Å². The Bertz CT molecular complexity index is 1850. The molecule has 2 aromatic rings. The number of amides is 4. The van der Waals surface area contributed by atoms with Crippen molar-refractivity contribution in [3.05, 3.63) is 16.9 Å². The van der Waals surface area contributed by atoms with Crippen LogP contribution in [0.2, 0.25) is 0 Å². The van der Waals surface area contributed by atoms with Crippen LogP contribution >= 0.6 is 11.3 Å². The van der Waals surface area contributed by atoms with Crippen LogP contribution in [-0.4, -0.2) is 113 Å². The predicted octanol–water partition coefficient (Wildman–Crippen LogP) is 1.54. The quantitative estimate of drug-likeness (QED) is 0.0592. The summed E-state index contributed by atoms with van der Waals surface area (Å²) in [6.07, 6.45) is -1.65. The summed E-state index contributed by atoms with van der Waals surface area (Å²) < 4.78 is 51.2. The van der Waals surface area contributed by atoms with Crippen molar-refractivity contribution in [2.75, 3.05) is 5.32 Å². The molecule has 3 rings (SSSR count). The van der Waals surface area contributed by atoms with Crippen LogP contribution in [0.15, 0.2) is 10.5 Å². The number of carbonyl (C=O) groups excluding carboxylic acids is 5. The lowest BCUT2D eigenvalue weighted by atomic mass is 9.98. The first-order valence-electron chi connectivity index (χ1n) is 15.9. The Kier molecular flexibility index (Phi) is 12.5. The molecular weight excluding hydrogens is 745 g/mol. The Morgan fingerprint density at radius 1 is 0.943 bits per heavy atom. The summed E-state index contributed by atoms with van der Waals surface area (Å²) in [5.74, 6) is -3.20. The molecule has 24 heteroatoms. The van der Waals surface area contributed by atoms with Gasteiger partial charge in [-0.2, -0.15) is 8.42 Å². The van der Waals surface area contributed by atoms with E-state index in [9.17, 15) is 36.9 Å². The molecule has 4 N–H and O–H groups in total. The molecule has 1 aliphatic rings. The monoisotopic (exact) mass is 788 g/mol. The zero-order valence-corrected chi connectivity index (χ0v) is 32.7. The van der Waals surface area contributed by atoms with E-state index in [1.54, 1.807) is 62.3 Å². The molecule has 22 nitrogen and oxygen atoms in total. The molecule has 1 fully saturated rings. The van der Waals surface area contributed by atoms with E-state index in [1.807, 2.05) is 0 Å². The summed E-state index contributed by atoms with van der Waals surface area (Å²) in [6.45, 7) is 16.7. The molecular formula is C29H44N10O12S2. The fourth-order valence-electron chi connectivity index (χ4n) is 4.12. The Morgan fingerprint density at radius 3 is 2.09 bits per heavy atom. The number of hydrogen-bond acceptors (Lipinski definition) is 17. The largest absolute Gasteiger partial charge is 0.457 e. The molecule has 0 aliphatic carbocycles. The van der Waals surface area contributed by atoms with Gasteiger partial charge in [0.1, 0.15) is 28.5 Å². The van der Waals surface area contributed by atoms with E-state index >= 15 is 0 Å². The number of tetrazole rings is 1. The number of rotatable bonds is 12. The maximum Gasteiger partial charge on any atom is 0.413 e. The molecule has 53 heavy (non-hydrogen) atoms. The van der Waals surface area contributed by atoms with Crippen molar-refractivity contribution in [3.63, 3.8) is 0 Å². The first-order valence-corrected chi connectivity index (χ1v) is 18.1. The third kappa shape index (κ3) is 12.3. The van der Waals surface area contributed by atoms with Gasteiger partial charge in [0, 0.05) is 5.38 Å². The third-order valence-corrected chi connectivity index (χ3v) is 7.99. The summed E-state index contributed by atoms with van der Waals surface area (Å²) in [5.41, 5.74) is -5.09. The number of anilines is 1. The molecule has 0 saturated carbocycles. The standard InChI is InChI=1S/C29H44N10O12S2/c1-26(2,3)48-22(42)29(10,11)51-35-18(15-14-52-23(31-15)33-25(44)50-28(7,8)9)20(40)32-19-16(39(21(19)41)53(45,46)47)13-38-17(34-36-37-38)12-30-24(43)49-27(4,5)6/h14,16,19H,12-13H2,1-11H3,(H,30,43)(H,32,40)(H,31,33,44)(H,45,46,47)/b35-18+/t16-,19+/m1/s1. The van der Waals surface area contributed by atoms with Crippen LogP contribution in [0.4, 0.5) is 14.7 Å². The Morgan fingerprint density at radius 2 is 1.53 bits per heavy atom. The van der Waals surface area contributed by atoms with Crippen molar-refractivity contribution in [3.8, 4) is 0 Å². The molecule has 0 radical (unpaired) electrons. The number of nitrogens with one attached hydrogen (secondary N) is 3. The molecule has 0 spiro atoms. The van der Waals surface area contributed by atoms with Crippen LogP contribution in [-0.2, 0) is 56.8 Å².